The molecule has 8 nitrogen and oxygen atoms in total. The van der Waals surface area contributed by atoms with Crippen molar-refractivity contribution in [2.75, 3.05) is 10.6 Å². The van der Waals surface area contributed by atoms with E-state index in [1.165, 1.54) is 10.8 Å². The zero-order valence-electron chi connectivity index (χ0n) is 16.3. The van der Waals surface area contributed by atoms with Crippen molar-refractivity contribution in [3.05, 3.63) is 87.8 Å². The summed E-state index contributed by atoms with van der Waals surface area (Å²) in [6.45, 7) is 0.155. The maximum atomic E-state index is 12.6. The van der Waals surface area contributed by atoms with Crippen molar-refractivity contribution in [2.24, 2.45) is 0 Å². The molecular formula is C22H18N4O4S. The number of aromatic amines is 1. The zero-order chi connectivity index (χ0) is 21.8. The van der Waals surface area contributed by atoms with E-state index >= 15 is 0 Å². The van der Waals surface area contributed by atoms with E-state index < -0.39 is 0 Å². The molecule has 0 bridgehead atoms. The van der Waals surface area contributed by atoms with Gasteiger partial charge in [0, 0.05) is 24.3 Å². The molecule has 0 spiro atoms. The van der Waals surface area contributed by atoms with Crippen LogP contribution in [0.1, 0.15) is 17.0 Å². The van der Waals surface area contributed by atoms with Crippen LogP contribution in [0.25, 0.3) is 10.9 Å². The fraction of sp³-hybridized carbons (Fsp3) is 0.0909. The zero-order valence-corrected chi connectivity index (χ0v) is 17.1. The smallest absolute Gasteiger partial charge is 0.291 e. The molecule has 2 aromatic heterocycles. The molecule has 4 aromatic rings. The normalized spacial score (nSPS) is 10.7. The number of hydrogen-bond acceptors (Lipinski definition) is 5. The van der Waals surface area contributed by atoms with Crippen LogP contribution < -0.4 is 16.2 Å². The molecule has 0 unspecified atom stereocenters. The van der Waals surface area contributed by atoms with E-state index in [0.717, 1.165) is 0 Å². The number of aromatic nitrogens is 2. The average molecular weight is 434 g/mol. The van der Waals surface area contributed by atoms with Crippen LogP contribution in [0.4, 0.5) is 11.4 Å². The van der Waals surface area contributed by atoms with Crippen molar-refractivity contribution in [1.82, 2.24) is 9.55 Å². The molecule has 0 radical (unpaired) electrons. The summed E-state index contributed by atoms with van der Waals surface area (Å²) in [5, 5.41) is 5.98. The van der Waals surface area contributed by atoms with Crippen LogP contribution in [0.5, 0.6) is 0 Å². The number of carbonyl (C=O) groups excluding carboxylic acids is 2. The Bertz CT molecular complexity index is 1360. The highest BCUT2D eigenvalue weighted by atomic mass is 32.1. The van der Waals surface area contributed by atoms with E-state index in [4.69, 9.17) is 16.6 Å². The van der Waals surface area contributed by atoms with Gasteiger partial charge in [0.05, 0.1) is 17.2 Å². The molecule has 0 fully saturated rings. The largest absolute Gasteiger partial charge is 0.459 e. The third-order valence-electron chi connectivity index (χ3n) is 4.62. The number of para-hydroxylation sites is 1. The summed E-state index contributed by atoms with van der Waals surface area (Å²) in [6.07, 6.45) is 1.50. The van der Waals surface area contributed by atoms with Gasteiger partial charge < -0.3 is 20.0 Å². The second kappa shape index (κ2) is 8.80. The topological polar surface area (TPSA) is 109 Å². The molecule has 0 aliphatic rings. The minimum Gasteiger partial charge on any atom is -0.459 e. The maximum absolute atomic E-state index is 12.6. The van der Waals surface area contributed by atoms with Gasteiger partial charge in [-0.25, -0.2) is 0 Å². The molecule has 2 amide bonds. The van der Waals surface area contributed by atoms with Crippen LogP contribution in [-0.2, 0) is 11.3 Å². The van der Waals surface area contributed by atoms with Crippen LogP contribution in [0.2, 0.25) is 0 Å². The molecule has 3 N–H and O–H groups in total. The van der Waals surface area contributed by atoms with Crippen molar-refractivity contribution >= 4 is 46.3 Å². The number of anilines is 2. The van der Waals surface area contributed by atoms with Gasteiger partial charge in [-0.15, -0.1) is 0 Å². The molecular weight excluding hydrogens is 416 g/mol. The van der Waals surface area contributed by atoms with E-state index in [9.17, 15) is 14.4 Å². The maximum Gasteiger partial charge on any atom is 0.291 e. The molecule has 0 atom stereocenters. The second-order valence-electron chi connectivity index (χ2n) is 6.74. The Morgan fingerprint density at radius 1 is 0.968 bits per heavy atom. The lowest BCUT2D eigenvalue weighted by Crippen LogP contribution is -2.25. The Kier molecular flexibility index (Phi) is 5.76. The van der Waals surface area contributed by atoms with Gasteiger partial charge in [0.15, 0.2) is 10.5 Å². The minimum atomic E-state index is -0.362. The summed E-state index contributed by atoms with van der Waals surface area (Å²) in [5.74, 6) is -0.416. The number of hydrogen-bond donors (Lipinski definition) is 3. The van der Waals surface area contributed by atoms with Crippen molar-refractivity contribution < 1.29 is 14.0 Å². The Morgan fingerprint density at radius 3 is 2.39 bits per heavy atom. The lowest BCUT2D eigenvalue weighted by Gasteiger charge is -2.09. The van der Waals surface area contributed by atoms with Crippen molar-refractivity contribution in [1.29, 1.82) is 0 Å². The molecule has 0 aliphatic heterocycles. The van der Waals surface area contributed by atoms with Crippen LogP contribution in [0.3, 0.4) is 0 Å². The van der Waals surface area contributed by atoms with Crippen LogP contribution in [0.15, 0.2) is 76.1 Å². The van der Waals surface area contributed by atoms with Gasteiger partial charge in [0.1, 0.15) is 0 Å². The molecule has 2 aromatic carbocycles. The first-order valence-corrected chi connectivity index (χ1v) is 9.89. The standard InChI is InChI=1S/C22H18N4O4S/c27-19(11-12-26-21(29)16-4-1-2-5-17(16)25-22(26)31)23-14-7-9-15(10-8-14)24-20(28)18-6-3-13-30-18/h1-10,13H,11-12H2,(H,23,27)(H,24,28)(H,25,31). The lowest BCUT2D eigenvalue weighted by molar-refractivity contribution is -0.116. The molecule has 2 heterocycles. The first kappa shape index (κ1) is 20.3. The second-order valence-corrected chi connectivity index (χ2v) is 7.13. The van der Waals surface area contributed by atoms with Gasteiger partial charge in [-0.3, -0.25) is 19.0 Å². The van der Waals surface area contributed by atoms with E-state index in [-0.39, 0.29) is 40.9 Å². The third kappa shape index (κ3) is 4.62. The fourth-order valence-corrected chi connectivity index (χ4v) is 3.36. The summed E-state index contributed by atoms with van der Waals surface area (Å²) in [5.41, 5.74) is 1.56. The Labute approximate surface area is 181 Å². The number of nitrogens with one attached hydrogen (secondary N) is 3. The SMILES string of the molecule is O=C(CCn1c(=S)[nH]c2ccccc2c1=O)Nc1ccc(NC(=O)c2ccco2)cc1. The van der Waals surface area contributed by atoms with Gasteiger partial charge in [-0.1, -0.05) is 12.1 Å². The van der Waals surface area contributed by atoms with Crippen molar-refractivity contribution in [3.63, 3.8) is 0 Å². The van der Waals surface area contributed by atoms with E-state index in [1.807, 2.05) is 6.07 Å². The van der Waals surface area contributed by atoms with E-state index in [2.05, 4.69) is 15.6 Å². The predicted molar refractivity (Wildman–Crippen MR) is 120 cm³/mol. The summed E-state index contributed by atoms with van der Waals surface area (Å²) >= 11 is 5.26. The number of rotatable bonds is 6. The molecule has 156 valence electrons. The van der Waals surface area contributed by atoms with Crippen LogP contribution in [-0.4, -0.2) is 21.4 Å². The number of H-pyrrole nitrogens is 1. The lowest BCUT2D eigenvalue weighted by atomic mass is 10.2. The number of amides is 2. The number of nitrogens with zero attached hydrogens (tertiary/aromatic N) is 1. The van der Waals surface area contributed by atoms with Gasteiger partial charge >= 0.3 is 0 Å². The summed E-state index contributed by atoms with van der Waals surface area (Å²) in [4.78, 5) is 40.0. The van der Waals surface area contributed by atoms with Gasteiger partial charge in [-0.2, -0.15) is 0 Å². The van der Waals surface area contributed by atoms with Gasteiger partial charge in [0.25, 0.3) is 11.5 Å². The quantitative estimate of drug-likeness (QED) is 0.398. The number of furan rings is 1. The Balaban J connectivity index is 1.37. The van der Waals surface area contributed by atoms with Crippen molar-refractivity contribution in [3.8, 4) is 0 Å². The average Bonchev–Trinajstić information content (AvgIpc) is 3.30. The molecule has 0 saturated heterocycles. The number of carbonyl (C=O) groups is 2. The van der Waals surface area contributed by atoms with Crippen molar-refractivity contribution in [2.45, 2.75) is 13.0 Å². The summed E-state index contributed by atoms with van der Waals surface area (Å²) in [6, 6.07) is 17.0. The predicted octanol–water partition coefficient (Wildman–Crippen LogP) is 3.93. The molecule has 4 rings (SSSR count). The van der Waals surface area contributed by atoms with E-state index in [1.54, 1.807) is 54.6 Å². The number of benzene rings is 2. The first-order valence-electron chi connectivity index (χ1n) is 9.48. The van der Waals surface area contributed by atoms with Crippen LogP contribution >= 0.6 is 12.2 Å². The third-order valence-corrected chi connectivity index (χ3v) is 4.95. The summed E-state index contributed by atoms with van der Waals surface area (Å²) in [7, 11) is 0. The Hall–Kier alpha value is -3.98. The van der Waals surface area contributed by atoms with Gasteiger partial charge in [0.2, 0.25) is 5.91 Å². The van der Waals surface area contributed by atoms with Gasteiger partial charge in [-0.05, 0) is 60.7 Å². The summed E-state index contributed by atoms with van der Waals surface area (Å²) < 4.78 is 6.70. The minimum absolute atomic E-state index is 0.0761. The highest BCUT2D eigenvalue weighted by Gasteiger charge is 2.10. The highest BCUT2D eigenvalue weighted by molar-refractivity contribution is 7.71. The van der Waals surface area contributed by atoms with Crippen LogP contribution in [0, 0.1) is 4.77 Å². The highest BCUT2D eigenvalue weighted by Crippen LogP contribution is 2.15. The molecule has 9 heteroatoms. The Morgan fingerprint density at radius 2 is 1.68 bits per heavy atom. The first-order chi connectivity index (χ1) is 15.0. The van der Waals surface area contributed by atoms with E-state index in [0.29, 0.717) is 22.3 Å². The molecule has 31 heavy (non-hydrogen) atoms. The fourth-order valence-electron chi connectivity index (χ4n) is 3.08. The monoisotopic (exact) mass is 434 g/mol. The molecule has 0 saturated carbocycles. The molecule has 0 aliphatic carbocycles. The number of fused-ring (bicyclic) bond motifs is 1.